The van der Waals surface area contributed by atoms with Crippen LogP contribution in [0.4, 0.5) is 5.69 Å². The van der Waals surface area contributed by atoms with Gasteiger partial charge < -0.3 is 14.8 Å². The standard InChI is InChI=1S/C22H37NO3/c1-8-10-12-25-20-17(5)13-19(14-18(20)6)23-21(24)22(7,15-16(3)4)26-11-9-2/h13-14,16H,8-12,15H2,1-7H3,(H,23,24)/t22-/m0/s1. The van der Waals surface area contributed by atoms with E-state index >= 15 is 0 Å². The van der Waals surface area contributed by atoms with Gasteiger partial charge in [0, 0.05) is 12.3 Å². The maximum atomic E-state index is 12.9. The van der Waals surface area contributed by atoms with E-state index < -0.39 is 5.60 Å². The summed E-state index contributed by atoms with van der Waals surface area (Å²) in [5, 5.41) is 3.05. The quantitative estimate of drug-likeness (QED) is 0.517. The highest BCUT2D eigenvalue weighted by atomic mass is 16.5. The first-order valence-corrected chi connectivity index (χ1v) is 9.93. The first kappa shape index (κ1) is 22.5. The Morgan fingerprint density at radius 3 is 2.23 bits per heavy atom. The van der Waals surface area contributed by atoms with Gasteiger partial charge in [-0.25, -0.2) is 0 Å². The Bertz CT molecular complexity index is 560. The van der Waals surface area contributed by atoms with Gasteiger partial charge in [0.15, 0.2) is 0 Å². The summed E-state index contributed by atoms with van der Waals surface area (Å²) < 4.78 is 11.8. The number of nitrogens with one attached hydrogen (secondary N) is 1. The monoisotopic (exact) mass is 363 g/mol. The fourth-order valence-electron chi connectivity index (χ4n) is 3.16. The van der Waals surface area contributed by atoms with Crippen LogP contribution in [0.15, 0.2) is 12.1 Å². The highest BCUT2D eigenvalue weighted by Gasteiger charge is 2.35. The summed E-state index contributed by atoms with van der Waals surface area (Å²) >= 11 is 0. The van der Waals surface area contributed by atoms with Crippen LogP contribution < -0.4 is 10.1 Å². The predicted octanol–water partition coefficient (Wildman–Crippen LogP) is 5.65. The first-order chi connectivity index (χ1) is 12.2. The van der Waals surface area contributed by atoms with Crippen molar-refractivity contribution < 1.29 is 14.3 Å². The van der Waals surface area contributed by atoms with E-state index in [0.29, 0.717) is 18.9 Å². The van der Waals surface area contributed by atoms with Crippen molar-refractivity contribution in [1.29, 1.82) is 0 Å². The molecule has 0 radical (unpaired) electrons. The van der Waals surface area contributed by atoms with Gasteiger partial charge in [0.05, 0.1) is 6.61 Å². The van der Waals surface area contributed by atoms with Gasteiger partial charge in [0.25, 0.3) is 5.91 Å². The molecule has 4 heteroatoms. The number of carbonyl (C=O) groups is 1. The van der Waals surface area contributed by atoms with Crippen LogP contribution in [0.2, 0.25) is 0 Å². The van der Waals surface area contributed by atoms with Gasteiger partial charge in [-0.05, 0) is 69.2 Å². The lowest BCUT2D eigenvalue weighted by atomic mass is 9.92. The summed E-state index contributed by atoms with van der Waals surface area (Å²) in [5.74, 6) is 1.21. The van der Waals surface area contributed by atoms with Gasteiger partial charge in [0.2, 0.25) is 0 Å². The van der Waals surface area contributed by atoms with E-state index in [9.17, 15) is 4.79 Å². The second-order valence-electron chi connectivity index (χ2n) is 7.77. The molecule has 0 heterocycles. The van der Waals surface area contributed by atoms with E-state index in [-0.39, 0.29) is 5.91 Å². The molecule has 0 aliphatic heterocycles. The van der Waals surface area contributed by atoms with Crippen LogP contribution in [-0.2, 0) is 9.53 Å². The zero-order valence-electron chi connectivity index (χ0n) is 17.7. The molecule has 148 valence electrons. The lowest BCUT2D eigenvalue weighted by Gasteiger charge is -2.30. The SMILES string of the molecule is CCCCOc1c(C)cc(NC(=O)[C@](C)(CC(C)C)OCCC)cc1C. The maximum Gasteiger partial charge on any atom is 0.256 e. The summed E-state index contributed by atoms with van der Waals surface area (Å²) in [6, 6.07) is 3.95. The molecule has 0 aliphatic rings. The zero-order valence-corrected chi connectivity index (χ0v) is 17.7. The summed E-state index contributed by atoms with van der Waals surface area (Å²) in [4.78, 5) is 12.9. The topological polar surface area (TPSA) is 47.6 Å². The minimum Gasteiger partial charge on any atom is -0.493 e. The smallest absolute Gasteiger partial charge is 0.256 e. The first-order valence-electron chi connectivity index (χ1n) is 9.93. The number of hydrogen-bond acceptors (Lipinski definition) is 3. The Labute approximate surface area is 159 Å². The molecule has 0 spiro atoms. The van der Waals surface area contributed by atoms with E-state index in [1.54, 1.807) is 0 Å². The fraction of sp³-hybridized carbons (Fsp3) is 0.682. The molecular formula is C22H37NO3. The number of unbranched alkanes of at least 4 members (excludes halogenated alkanes) is 1. The van der Waals surface area contributed by atoms with Gasteiger partial charge in [-0.15, -0.1) is 0 Å². The minimum atomic E-state index is -0.817. The second kappa shape index (κ2) is 10.6. The normalized spacial score (nSPS) is 13.5. The molecule has 1 rings (SSSR count). The molecule has 0 aliphatic carbocycles. The van der Waals surface area contributed by atoms with E-state index in [1.165, 1.54) is 0 Å². The van der Waals surface area contributed by atoms with Crippen molar-refractivity contribution in [2.24, 2.45) is 5.92 Å². The van der Waals surface area contributed by atoms with E-state index in [2.05, 4.69) is 33.0 Å². The van der Waals surface area contributed by atoms with Gasteiger partial charge in [-0.1, -0.05) is 34.1 Å². The number of anilines is 1. The molecule has 0 saturated heterocycles. The van der Waals surface area contributed by atoms with E-state index in [4.69, 9.17) is 9.47 Å². The Kier molecular flexibility index (Phi) is 9.14. The molecule has 1 atom stereocenters. The highest BCUT2D eigenvalue weighted by molar-refractivity contribution is 5.97. The Hall–Kier alpha value is -1.55. The Morgan fingerprint density at radius 2 is 1.73 bits per heavy atom. The number of benzene rings is 1. The number of aryl methyl sites for hydroxylation is 2. The van der Waals surface area contributed by atoms with Gasteiger partial charge in [0.1, 0.15) is 11.4 Å². The molecule has 0 saturated carbocycles. The second-order valence-corrected chi connectivity index (χ2v) is 7.77. The third-order valence-corrected chi connectivity index (χ3v) is 4.37. The van der Waals surface area contributed by atoms with E-state index in [1.807, 2.05) is 32.9 Å². The van der Waals surface area contributed by atoms with Crippen LogP contribution in [-0.4, -0.2) is 24.7 Å². The molecule has 1 aromatic rings. The Morgan fingerprint density at radius 1 is 1.12 bits per heavy atom. The van der Waals surface area contributed by atoms with Crippen molar-refractivity contribution in [2.75, 3.05) is 18.5 Å². The van der Waals surface area contributed by atoms with Crippen LogP contribution >= 0.6 is 0 Å². The number of amides is 1. The molecule has 0 fully saturated rings. The van der Waals surface area contributed by atoms with Crippen LogP contribution in [0.3, 0.4) is 0 Å². The predicted molar refractivity (Wildman–Crippen MR) is 109 cm³/mol. The Balaban J connectivity index is 2.92. The van der Waals surface area contributed by atoms with Crippen molar-refractivity contribution >= 4 is 11.6 Å². The average molecular weight is 364 g/mol. The fourth-order valence-corrected chi connectivity index (χ4v) is 3.16. The van der Waals surface area contributed by atoms with Crippen LogP contribution in [0.25, 0.3) is 0 Å². The summed E-state index contributed by atoms with van der Waals surface area (Å²) in [7, 11) is 0. The molecule has 26 heavy (non-hydrogen) atoms. The third-order valence-electron chi connectivity index (χ3n) is 4.37. The van der Waals surface area contributed by atoms with E-state index in [0.717, 1.165) is 48.4 Å². The molecule has 1 N–H and O–H groups in total. The average Bonchev–Trinajstić information content (AvgIpc) is 2.55. The highest BCUT2D eigenvalue weighted by Crippen LogP contribution is 2.29. The number of ether oxygens (including phenoxy) is 2. The van der Waals surface area contributed by atoms with Crippen molar-refractivity contribution in [3.63, 3.8) is 0 Å². The lowest BCUT2D eigenvalue weighted by molar-refractivity contribution is -0.141. The molecule has 0 unspecified atom stereocenters. The zero-order chi connectivity index (χ0) is 19.7. The summed E-state index contributed by atoms with van der Waals surface area (Å²) in [6.07, 6.45) is 3.73. The lowest BCUT2D eigenvalue weighted by Crippen LogP contribution is -2.44. The van der Waals surface area contributed by atoms with Gasteiger partial charge in [-0.2, -0.15) is 0 Å². The third kappa shape index (κ3) is 6.64. The molecule has 4 nitrogen and oxygen atoms in total. The summed E-state index contributed by atoms with van der Waals surface area (Å²) in [5.41, 5.74) is 2.05. The van der Waals surface area contributed by atoms with Crippen LogP contribution in [0, 0.1) is 19.8 Å². The number of rotatable bonds is 11. The molecule has 0 bridgehead atoms. The molecule has 1 aromatic carbocycles. The molecular weight excluding hydrogens is 326 g/mol. The van der Waals surface area contributed by atoms with Crippen molar-refractivity contribution in [1.82, 2.24) is 0 Å². The largest absolute Gasteiger partial charge is 0.493 e. The molecule has 1 amide bonds. The number of hydrogen-bond donors (Lipinski definition) is 1. The number of carbonyl (C=O) groups excluding carboxylic acids is 1. The summed E-state index contributed by atoms with van der Waals surface area (Å²) in [6.45, 7) is 15.7. The van der Waals surface area contributed by atoms with Crippen LogP contribution in [0.5, 0.6) is 5.75 Å². The maximum absolute atomic E-state index is 12.9. The van der Waals surface area contributed by atoms with Gasteiger partial charge >= 0.3 is 0 Å². The van der Waals surface area contributed by atoms with Crippen molar-refractivity contribution in [3.05, 3.63) is 23.3 Å². The van der Waals surface area contributed by atoms with Crippen molar-refractivity contribution in [2.45, 2.75) is 79.8 Å². The van der Waals surface area contributed by atoms with Gasteiger partial charge in [-0.3, -0.25) is 4.79 Å². The minimum absolute atomic E-state index is 0.0851. The van der Waals surface area contributed by atoms with Crippen LogP contribution in [0.1, 0.15) is 71.4 Å². The molecule has 0 aromatic heterocycles. The van der Waals surface area contributed by atoms with Crippen molar-refractivity contribution in [3.8, 4) is 5.75 Å².